The van der Waals surface area contributed by atoms with Crippen LogP contribution in [-0.4, -0.2) is 30.3 Å². The van der Waals surface area contributed by atoms with Crippen LogP contribution < -0.4 is 5.73 Å². The zero-order chi connectivity index (χ0) is 12.5. The average Bonchev–Trinajstić information content (AvgIpc) is 2.76. The summed E-state index contributed by atoms with van der Waals surface area (Å²) in [6.07, 6.45) is 3.24. The number of pyridine rings is 1. The van der Waals surface area contributed by atoms with Crippen molar-refractivity contribution in [1.29, 1.82) is 0 Å². The number of sulfonamides is 1. The van der Waals surface area contributed by atoms with Crippen molar-refractivity contribution >= 4 is 10.0 Å². The fourth-order valence-electron chi connectivity index (χ4n) is 2.08. The lowest BCUT2D eigenvalue weighted by Gasteiger charge is -2.20. The lowest BCUT2D eigenvalue weighted by molar-refractivity contribution is 0.408. The normalized spacial score (nSPS) is 21.9. The van der Waals surface area contributed by atoms with Gasteiger partial charge in [-0.05, 0) is 31.9 Å². The van der Waals surface area contributed by atoms with Gasteiger partial charge < -0.3 is 5.73 Å². The molecule has 5 nitrogen and oxygen atoms in total. The fourth-order valence-corrected chi connectivity index (χ4v) is 3.73. The SMILES string of the molecule is CC1CCCN1S(=O)(=O)c1ccc(CN)nc1. The van der Waals surface area contributed by atoms with Gasteiger partial charge in [0.15, 0.2) is 0 Å². The Morgan fingerprint density at radius 2 is 2.29 bits per heavy atom. The number of hydrogen-bond acceptors (Lipinski definition) is 4. The minimum atomic E-state index is -3.38. The standard InChI is InChI=1S/C11H17N3O2S/c1-9-3-2-6-14(9)17(15,16)11-5-4-10(7-12)13-8-11/h4-5,8-9H,2-3,6-7,12H2,1H3. The largest absolute Gasteiger partial charge is 0.325 e. The Morgan fingerprint density at radius 1 is 1.53 bits per heavy atom. The molecule has 0 bridgehead atoms. The molecule has 0 saturated carbocycles. The molecule has 1 aliphatic heterocycles. The Balaban J connectivity index is 2.31. The van der Waals surface area contributed by atoms with E-state index in [1.165, 1.54) is 6.20 Å². The molecule has 1 aliphatic rings. The summed E-state index contributed by atoms with van der Waals surface area (Å²) >= 11 is 0. The summed E-state index contributed by atoms with van der Waals surface area (Å²) in [5.74, 6) is 0. The van der Waals surface area contributed by atoms with Crippen molar-refractivity contribution in [2.45, 2.75) is 37.2 Å². The zero-order valence-electron chi connectivity index (χ0n) is 9.83. The van der Waals surface area contributed by atoms with E-state index in [1.807, 2.05) is 6.92 Å². The van der Waals surface area contributed by atoms with Gasteiger partial charge in [-0.1, -0.05) is 0 Å². The van der Waals surface area contributed by atoms with E-state index in [0.717, 1.165) is 12.8 Å². The third-order valence-electron chi connectivity index (χ3n) is 3.11. The van der Waals surface area contributed by atoms with Crippen LogP contribution in [0.4, 0.5) is 0 Å². The van der Waals surface area contributed by atoms with Crippen molar-refractivity contribution in [3.05, 3.63) is 24.0 Å². The number of hydrogen-bond donors (Lipinski definition) is 1. The van der Waals surface area contributed by atoms with Crippen molar-refractivity contribution in [3.8, 4) is 0 Å². The molecule has 1 aromatic rings. The van der Waals surface area contributed by atoms with E-state index in [0.29, 0.717) is 18.8 Å². The predicted octanol–water partition coefficient (Wildman–Crippen LogP) is 0.713. The highest BCUT2D eigenvalue weighted by atomic mass is 32.2. The van der Waals surface area contributed by atoms with Gasteiger partial charge in [0.1, 0.15) is 4.90 Å². The molecule has 17 heavy (non-hydrogen) atoms. The van der Waals surface area contributed by atoms with Crippen LogP contribution in [0.5, 0.6) is 0 Å². The van der Waals surface area contributed by atoms with Crippen LogP contribution in [0.2, 0.25) is 0 Å². The summed E-state index contributed by atoms with van der Waals surface area (Å²) in [7, 11) is -3.38. The molecule has 0 aromatic carbocycles. The summed E-state index contributed by atoms with van der Waals surface area (Å²) < 4.78 is 26.1. The fraction of sp³-hybridized carbons (Fsp3) is 0.545. The van der Waals surface area contributed by atoms with Crippen LogP contribution in [-0.2, 0) is 16.6 Å². The molecule has 1 atom stereocenters. The molecule has 2 rings (SSSR count). The van der Waals surface area contributed by atoms with Gasteiger partial charge in [0, 0.05) is 25.3 Å². The third kappa shape index (κ3) is 2.34. The number of nitrogens with two attached hydrogens (primary N) is 1. The summed E-state index contributed by atoms with van der Waals surface area (Å²) in [6.45, 7) is 2.86. The first-order chi connectivity index (χ1) is 8.05. The number of nitrogens with zero attached hydrogens (tertiary/aromatic N) is 2. The smallest absolute Gasteiger partial charge is 0.244 e. The molecule has 2 heterocycles. The second kappa shape index (κ2) is 4.72. The Bertz CT molecular complexity index is 484. The van der Waals surface area contributed by atoms with E-state index in [1.54, 1.807) is 16.4 Å². The van der Waals surface area contributed by atoms with Crippen LogP contribution in [0.15, 0.2) is 23.2 Å². The molecular formula is C11H17N3O2S. The van der Waals surface area contributed by atoms with E-state index in [9.17, 15) is 8.42 Å². The molecule has 0 spiro atoms. The quantitative estimate of drug-likeness (QED) is 0.863. The molecule has 1 fully saturated rings. The van der Waals surface area contributed by atoms with E-state index in [2.05, 4.69) is 4.98 Å². The molecule has 2 N–H and O–H groups in total. The molecule has 1 aromatic heterocycles. The molecule has 1 saturated heterocycles. The Morgan fingerprint density at radius 3 is 2.76 bits per heavy atom. The monoisotopic (exact) mass is 255 g/mol. The zero-order valence-corrected chi connectivity index (χ0v) is 10.7. The van der Waals surface area contributed by atoms with Crippen molar-refractivity contribution in [1.82, 2.24) is 9.29 Å². The van der Waals surface area contributed by atoms with E-state index < -0.39 is 10.0 Å². The summed E-state index contributed by atoms with van der Waals surface area (Å²) in [4.78, 5) is 4.28. The van der Waals surface area contributed by atoms with Crippen LogP contribution in [0, 0.1) is 0 Å². The van der Waals surface area contributed by atoms with Gasteiger partial charge in [-0.15, -0.1) is 0 Å². The van der Waals surface area contributed by atoms with Gasteiger partial charge in [0.2, 0.25) is 10.0 Å². The average molecular weight is 255 g/mol. The predicted molar refractivity (Wildman–Crippen MR) is 64.7 cm³/mol. The van der Waals surface area contributed by atoms with Crippen LogP contribution in [0.25, 0.3) is 0 Å². The molecule has 94 valence electrons. The topological polar surface area (TPSA) is 76.3 Å². The Kier molecular flexibility index (Phi) is 3.46. The molecule has 0 aliphatic carbocycles. The highest BCUT2D eigenvalue weighted by Crippen LogP contribution is 2.25. The van der Waals surface area contributed by atoms with E-state index in [-0.39, 0.29) is 10.9 Å². The number of aromatic nitrogens is 1. The van der Waals surface area contributed by atoms with Gasteiger partial charge in [-0.2, -0.15) is 4.31 Å². The summed E-state index contributed by atoms with van der Waals surface area (Å²) in [5.41, 5.74) is 6.12. The highest BCUT2D eigenvalue weighted by Gasteiger charge is 2.32. The maximum Gasteiger partial charge on any atom is 0.244 e. The maximum absolute atomic E-state index is 12.3. The number of rotatable bonds is 3. The van der Waals surface area contributed by atoms with Crippen molar-refractivity contribution in [3.63, 3.8) is 0 Å². The van der Waals surface area contributed by atoms with Gasteiger partial charge in [-0.3, -0.25) is 4.98 Å². The first-order valence-corrected chi connectivity index (χ1v) is 7.16. The van der Waals surface area contributed by atoms with Crippen molar-refractivity contribution in [2.75, 3.05) is 6.54 Å². The van der Waals surface area contributed by atoms with Gasteiger partial charge >= 0.3 is 0 Å². The molecule has 6 heteroatoms. The van der Waals surface area contributed by atoms with Gasteiger partial charge in [0.05, 0.1) is 5.69 Å². The maximum atomic E-state index is 12.3. The van der Waals surface area contributed by atoms with Crippen LogP contribution in [0.1, 0.15) is 25.5 Å². The van der Waals surface area contributed by atoms with Crippen LogP contribution in [0.3, 0.4) is 0 Å². The van der Waals surface area contributed by atoms with Crippen LogP contribution >= 0.6 is 0 Å². The Hall–Kier alpha value is -0.980. The van der Waals surface area contributed by atoms with E-state index >= 15 is 0 Å². The van der Waals surface area contributed by atoms with Crippen molar-refractivity contribution < 1.29 is 8.42 Å². The third-order valence-corrected chi connectivity index (χ3v) is 5.10. The lowest BCUT2D eigenvalue weighted by Crippen LogP contribution is -2.33. The minimum Gasteiger partial charge on any atom is -0.325 e. The van der Waals surface area contributed by atoms with E-state index in [4.69, 9.17) is 5.73 Å². The molecule has 0 radical (unpaired) electrons. The van der Waals surface area contributed by atoms with Crippen molar-refractivity contribution in [2.24, 2.45) is 5.73 Å². The second-order valence-corrected chi connectivity index (χ2v) is 6.19. The second-order valence-electron chi connectivity index (χ2n) is 4.30. The molecule has 1 unspecified atom stereocenters. The van der Waals surface area contributed by atoms with Gasteiger partial charge in [0.25, 0.3) is 0 Å². The molecular weight excluding hydrogens is 238 g/mol. The molecule has 0 amide bonds. The lowest BCUT2D eigenvalue weighted by atomic mass is 10.3. The minimum absolute atomic E-state index is 0.0779. The highest BCUT2D eigenvalue weighted by molar-refractivity contribution is 7.89. The summed E-state index contributed by atoms with van der Waals surface area (Å²) in [6, 6.07) is 3.32. The Labute approximate surface area is 102 Å². The first-order valence-electron chi connectivity index (χ1n) is 5.72. The first kappa shape index (κ1) is 12.5. The van der Waals surface area contributed by atoms with Gasteiger partial charge in [-0.25, -0.2) is 8.42 Å². The summed E-state index contributed by atoms with van der Waals surface area (Å²) in [5, 5.41) is 0.